The summed E-state index contributed by atoms with van der Waals surface area (Å²) in [6.07, 6.45) is 2.38. The van der Waals surface area contributed by atoms with Crippen molar-refractivity contribution in [2.75, 3.05) is 53.0 Å². The Morgan fingerprint density at radius 1 is 1.00 bits per heavy atom. The first kappa shape index (κ1) is 36.2. The summed E-state index contributed by atoms with van der Waals surface area (Å²) < 4.78 is 25.3. The molecular formula is C37H39ClIN5O5S. The molecule has 2 aromatic carbocycles. The molecule has 0 bridgehead atoms. The maximum Gasteiger partial charge on any atom is 0.347 e. The van der Waals surface area contributed by atoms with Gasteiger partial charge in [0.1, 0.15) is 35.9 Å². The Bertz CT molecular complexity index is 1920. The van der Waals surface area contributed by atoms with Gasteiger partial charge in [-0.1, -0.05) is 41.9 Å². The molecule has 262 valence electrons. The molecule has 3 aromatic heterocycles. The highest BCUT2D eigenvalue weighted by Gasteiger charge is 2.28. The molecule has 5 aromatic rings. The largest absolute Gasteiger partial charge is 0.491 e. The first-order valence-electron chi connectivity index (χ1n) is 16.5. The Labute approximate surface area is 314 Å². The van der Waals surface area contributed by atoms with Crippen LogP contribution in [0.4, 0.5) is 0 Å². The number of pyridine rings is 1. The topological polar surface area (TPSA) is 99.1 Å². The van der Waals surface area contributed by atoms with Gasteiger partial charge in [-0.3, -0.25) is 9.88 Å². The Hall–Kier alpha value is -3.56. The van der Waals surface area contributed by atoms with Gasteiger partial charge in [-0.15, -0.1) is 11.3 Å². The fourth-order valence-electron chi connectivity index (χ4n) is 5.80. The predicted octanol–water partition coefficient (Wildman–Crippen LogP) is 7.08. The molecule has 0 unspecified atom stereocenters. The fourth-order valence-corrected chi connectivity index (χ4v) is 8.08. The molecule has 6 rings (SSSR count). The van der Waals surface area contributed by atoms with Crippen LogP contribution in [-0.2, 0) is 22.6 Å². The Morgan fingerprint density at radius 3 is 2.58 bits per heavy atom. The lowest BCUT2D eigenvalue weighted by molar-refractivity contribution is -0.151. The van der Waals surface area contributed by atoms with Crippen molar-refractivity contribution in [2.45, 2.75) is 33.0 Å². The van der Waals surface area contributed by atoms with Crippen LogP contribution in [0.3, 0.4) is 0 Å². The van der Waals surface area contributed by atoms with Gasteiger partial charge in [0.2, 0.25) is 12.0 Å². The number of hydrogen-bond donors (Lipinski definition) is 0. The van der Waals surface area contributed by atoms with Gasteiger partial charge < -0.3 is 23.8 Å². The highest BCUT2D eigenvalue weighted by molar-refractivity contribution is 14.1. The van der Waals surface area contributed by atoms with Gasteiger partial charge in [0.15, 0.2) is 0 Å². The quantitative estimate of drug-likeness (QED) is 0.0854. The summed E-state index contributed by atoms with van der Waals surface area (Å²) in [5.74, 6) is 1.07. The molecule has 0 spiro atoms. The lowest BCUT2D eigenvalue weighted by Gasteiger charge is -2.32. The van der Waals surface area contributed by atoms with E-state index in [0.29, 0.717) is 28.5 Å². The molecule has 50 heavy (non-hydrogen) atoms. The molecule has 0 aliphatic carbocycles. The minimum Gasteiger partial charge on any atom is -0.491 e. The zero-order valence-electron chi connectivity index (χ0n) is 28.2. The second kappa shape index (κ2) is 17.1. The van der Waals surface area contributed by atoms with Crippen LogP contribution in [0, 0.1) is 9.81 Å². The van der Waals surface area contributed by atoms with Gasteiger partial charge in [0, 0.05) is 50.9 Å². The normalized spacial score (nSPS) is 14.4. The van der Waals surface area contributed by atoms with Crippen LogP contribution in [-0.4, -0.2) is 89.8 Å². The van der Waals surface area contributed by atoms with Crippen LogP contribution >= 0.6 is 45.5 Å². The van der Waals surface area contributed by atoms with Crippen LogP contribution in [0.15, 0.2) is 67.1 Å². The summed E-state index contributed by atoms with van der Waals surface area (Å²) >= 11 is 10.8. The van der Waals surface area contributed by atoms with E-state index < -0.39 is 12.1 Å². The SMILES string of the molecule is CCOC(=O)[C@@H](Cc1ccccc1OCc1ccccn1)Oc1ncnc2sc(I)c(-c3ccc(OCCN4CCN(C)CC4)c(Cl)c3C)c12. The van der Waals surface area contributed by atoms with E-state index in [1.54, 1.807) is 13.1 Å². The van der Waals surface area contributed by atoms with E-state index in [1.165, 1.54) is 17.7 Å². The van der Waals surface area contributed by atoms with Gasteiger partial charge in [0.25, 0.3) is 0 Å². The van der Waals surface area contributed by atoms with E-state index in [-0.39, 0.29) is 25.5 Å². The number of thiophene rings is 1. The number of esters is 1. The molecule has 1 aliphatic heterocycles. The standard InChI is InChI=1S/C37H39ClIN5O5S/c1-4-46-37(45)30(21-25-9-5-6-11-28(25)48-22-26-10-7-8-14-40-26)49-35-32-31(34(39)50-36(32)42-23-41-35)27-12-13-29(33(38)24(27)2)47-20-19-44-17-15-43(3)16-18-44/h5-14,23,30H,4,15-22H2,1-3H3/t30-/m1/s1. The van der Waals surface area contributed by atoms with Crippen molar-refractivity contribution in [3.05, 3.63) is 91.8 Å². The third-order valence-electron chi connectivity index (χ3n) is 8.57. The number of likely N-dealkylation sites (N-methyl/N-ethyl adjacent to an activating group) is 1. The van der Waals surface area contributed by atoms with Crippen molar-refractivity contribution in [1.29, 1.82) is 0 Å². The van der Waals surface area contributed by atoms with Crippen molar-refractivity contribution in [1.82, 2.24) is 24.8 Å². The summed E-state index contributed by atoms with van der Waals surface area (Å²) in [5.41, 5.74) is 4.27. The fraction of sp³-hybridized carbons (Fsp3) is 0.351. The van der Waals surface area contributed by atoms with Crippen LogP contribution in [0.1, 0.15) is 23.7 Å². The number of carbonyl (C=O) groups is 1. The van der Waals surface area contributed by atoms with Crippen molar-refractivity contribution in [3.63, 3.8) is 0 Å². The Balaban J connectivity index is 1.26. The third-order valence-corrected chi connectivity index (χ3v) is 11.1. The highest BCUT2D eigenvalue weighted by atomic mass is 127. The summed E-state index contributed by atoms with van der Waals surface area (Å²) in [4.78, 5) is 32.3. The number of benzene rings is 2. The van der Waals surface area contributed by atoms with Gasteiger partial charge in [0.05, 0.1) is 25.6 Å². The molecule has 0 N–H and O–H groups in total. The Morgan fingerprint density at radius 2 is 1.80 bits per heavy atom. The van der Waals surface area contributed by atoms with Gasteiger partial charge >= 0.3 is 5.97 Å². The lowest BCUT2D eigenvalue weighted by atomic mass is 10.0. The molecule has 1 atom stereocenters. The zero-order chi connectivity index (χ0) is 35.0. The third kappa shape index (κ3) is 8.65. The molecule has 10 nitrogen and oxygen atoms in total. The zero-order valence-corrected chi connectivity index (χ0v) is 32.0. The molecule has 1 aliphatic rings. The minimum absolute atomic E-state index is 0.199. The number of nitrogens with zero attached hydrogens (tertiary/aromatic N) is 5. The van der Waals surface area contributed by atoms with E-state index in [9.17, 15) is 4.79 Å². The number of carbonyl (C=O) groups excluding carboxylic acids is 1. The van der Waals surface area contributed by atoms with E-state index in [1.807, 2.05) is 61.5 Å². The van der Waals surface area contributed by atoms with Crippen LogP contribution in [0.2, 0.25) is 5.02 Å². The van der Waals surface area contributed by atoms with Gasteiger partial charge in [-0.25, -0.2) is 14.8 Å². The monoisotopic (exact) mass is 827 g/mol. The second-order valence-electron chi connectivity index (χ2n) is 11.9. The first-order chi connectivity index (χ1) is 24.3. The molecule has 1 saturated heterocycles. The van der Waals surface area contributed by atoms with Crippen molar-refractivity contribution >= 4 is 61.7 Å². The summed E-state index contributed by atoms with van der Waals surface area (Å²) in [7, 11) is 2.15. The van der Waals surface area contributed by atoms with Gasteiger partial charge in [-0.2, -0.15) is 0 Å². The number of hydrogen-bond acceptors (Lipinski definition) is 11. The molecule has 4 heterocycles. The van der Waals surface area contributed by atoms with Crippen molar-refractivity contribution < 1.29 is 23.7 Å². The van der Waals surface area contributed by atoms with E-state index in [2.05, 4.69) is 54.4 Å². The summed E-state index contributed by atoms with van der Waals surface area (Å²) in [6, 6.07) is 17.2. The maximum absolute atomic E-state index is 13.4. The van der Waals surface area contributed by atoms with Gasteiger partial charge in [-0.05, 0) is 84.4 Å². The highest BCUT2D eigenvalue weighted by Crippen LogP contribution is 2.46. The maximum atomic E-state index is 13.4. The van der Waals surface area contributed by atoms with E-state index >= 15 is 0 Å². The molecule has 13 heteroatoms. The Kier molecular flexibility index (Phi) is 12.4. The van der Waals surface area contributed by atoms with Crippen LogP contribution in [0.25, 0.3) is 21.3 Å². The van der Waals surface area contributed by atoms with Crippen molar-refractivity contribution in [2.24, 2.45) is 0 Å². The molecular weight excluding hydrogens is 789 g/mol. The minimum atomic E-state index is -1.00. The molecule has 1 fully saturated rings. The first-order valence-corrected chi connectivity index (χ1v) is 18.8. The number of aromatic nitrogens is 3. The van der Waals surface area contributed by atoms with E-state index in [4.69, 9.17) is 30.5 Å². The summed E-state index contributed by atoms with van der Waals surface area (Å²) in [6.45, 7) is 9.84. The number of rotatable bonds is 14. The predicted molar refractivity (Wildman–Crippen MR) is 205 cm³/mol. The number of ether oxygens (including phenoxy) is 4. The number of para-hydroxylation sites is 1. The number of fused-ring (bicyclic) bond motifs is 1. The lowest BCUT2D eigenvalue weighted by Crippen LogP contribution is -2.45. The van der Waals surface area contributed by atoms with Crippen LogP contribution in [0.5, 0.6) is 17.4 Å². The smallest absolute Gasteiger partial charge is 0.347 e. The van der Waals surface area contributed by atoms with E-state index in [0.717, 1.165) is 68.4 Å². The second-order valence-corrected chi connectivity index (χ2v) is 15.1. The molecule has 0 radical (unpaired) electrons. The number of halogens is 2. The average Bonchev–Trinajstić information content (AvgIpc) is 3.47. The molecule has 0 amide bonds. The molecule has 0 saturated carbocycles. The average molecular weight is 828 g/mol. The summed E-state index contributed by atoms with van der Waals surface area (Å²) in [5, 5.41) is 1.26. The number of piperazine rings is 1. The van der Waals surface area contributed by atoms with Crippen LogP contribution < -0.4 is 14.2 Å². The van der Waals surface area contributed by atoms with Crippen molar-refractivity contribution in [3.8, 4) is 28.5 Å².